The average molecular weight is 275 g/mol. The number of hydrogen-bond acceptors (Lipinski definition) is 4. The molecule has 0 radical (unpaired) electrons. The molecule has 0 N–H and O–H groups in total. The molecule has 0 atom stereocenters. The molecule has 1 saturated heterocycles. The van der Waals surface area contributed by atoms with Gasteiger partial charge in [0, 0.05) is 13.2 Å². The lowest BCUT2D eigenvalue weighted by molar-refractivity contribution is 0.150. The molecular weight excluding hydrogens is 257 g/mol. The van der Waals surface area contributed by atoms with Gasteiger partial charge in [0.1, 0.15) is 18.0 Å². The van der Waals surface area contributed by atoms with E-state index in [-0.39, 0.29) is 0 Å². The van der Waals surface area contributed by atoms with Crippen LogP contribution >= 0.6 is 11.3 Å². The summed E-state index contributed by atoms with van der Waals surface area (Å²) >= 11 is 1.77. The molecule has 1 aliphatic heterocycles. The van der Waals surface area contributed by atoms with Crippen molar-refractivity contribution in [2.45, 2.75) is 25.9 Å². The van der Waals surface area contributed by atoms with Gasteiger partial charge >= 0.3 is 0 Å². The van der Waals surface area contributed by atoms with Crippen LogP contribution in [0.3, 0.4) is 0 Å². The number of nitrogens with zero attached hydrogens (tertiary/aromatic N) is 1. The molecule has 3 rings (SSSR count). The molecule has 1 aromatic carbocycles. The first kappa shape index (κ1) is 12.9. The van der Waals surface area contributed by atoms with Crippen LogP contribution in [0.1, 0.15) is 10.6 Å². The van der Waals surface area contributed by atoms with E-state index in [1.807, 2.05) is 0 Å². The van der Waals surface area contributed by atoms with Crippen LogP contribution in [0.2, 0.25) is 12.6 Å². The number of fused-ring (bicyclic) bond motifs is 1. The third-order valence-electron chi connectivity index (χ3n) is 3.76. The number of hydrogen-bond donors (Lipinski definition) is 0. The fourth-order valence-electron chi connectivity index (χ4n) is 2.73. The second-order valence-corrected chi connectivity index (χ2v) is 6.30. The highest BCUT2D eigenvalue weighted by Crippen LogP contribution is 2.33. The van der Waals surface area contributed by atoms with E-state index in [4.69, 9.17) is 9.47 Å². The number of methoxy groups -OCH3 is 1. The predicted molar refractivity (Wildman–Crippen MR) is 80.8 cm³/mol. The van der Waals surface area contributed by atoms with E-state index < -0.39 is 0 Å². The van der Waals surface area contributed by atoms with Gasteiger partial charge in [-0.05, 0) is 24.9 Å². The van der Waals surface area contributed by atoms with Crippen LogP contribution in [0.4, 0.5) is 0 Å². The largest absolute Gasteiger partial charge is 0.494 e. The van der Waals surface area contributed by atoms with Crippen molar-refractivity contribution in [3.8, 4) is 5.75 Å². The molecule has 3 nitrogen and oxygen atoms in total. The van der Waals surface area contributed by atoms with Crippen LogP contribution in [0, 0.1) is 6.92 Å². The maximum absolute atomic E-state index is 5.44. The molecule has 0 amide bonds. The Morgan fingerprint density at radius 3 is 2.89 bits per heavy atom. The molecule has 19 heavy (non-hydrogen) atoms. The smallest absolute Gasteiger partial charge is 0.149 e. The van der Waals surface area contributed by atoms with E-state index in [0.717, 1.165) is 42.5 Å². The molecule has 0 aliphatic carbocycles. The summed E-state index contributed by atoms with van der Waals surface area (Å²) in [6, 6.07) is 4.25. The Hall–Kier alpha value is -1.07. The van der Waals surface area contributed by atoms with Crippen molar-refractivity contribution in [2.24, 2.45) is 0 Å². The predicted octanol–water partition coefficient (Wildman–Crippen LogP) is 3.22. The Labute approximate surface area is 118 Å². The lowest BCUT2D eigenvalue weighted by Crippen LogP contribution is -2.25. The first-order valence-corrected chi connectivity index (χ1v) is 7.60. The van der Waals surface area contributed by atoms with E-state index >= 15 is 0 Å². The Morgan fingerprint density at radius 2 is 2.16 bits per heavy atom. The SMILES string of the molecule is COc1ccc(CB2CCOCC2)c2sc(C)nc12. The topological polar surface area (TPSA) is 31.4 Å². The number of rotatable bonds is 3. The normalized spacial score (nSPS) is 16.0. The number of aryl methyl sites for hydroxylation is 1. The van der Waals surface area contributed by atoms with E-state index in [0.29, 0.717) is 0 Å². The van der Waals surface area contributed by atoms with Crippen molar-refractivity contribution < 1.29 is 9.47 Å². The van der Waals surface area contributed by atoms with Gasteiger partial charge in [-0.15, -0.1) is 11.3 Å². The van der Waals surface area contributed by atoms with E-state index in [1.54, 1.807) is 18.4 Å². The molecule has 100 valence electrons. The minimum absolute atomic E-state index is 0.743. The third-order valence-corrected chi connectivity index (χ3v) is 4.81. The fourth-order valence-corrected chi connectivity index (χ4v) is 3.69. The second-order valence-electron chi connectivity index (χ2n) is 5.10. The highest BCUT2D eigenvalue weighted by Gasteiger charge is 2.20. The van der Waals surface area contributed by atoms with Gasteiger partial charge in [-0.25, -0.2) is 4.98 Å². The molecule has 0 bridgehead atoms. The summed E-state index contributed by atoms with van der Waals surface area (Å²) in [6.45, 7) is 4.62. The van der Waals surface area contributed by atoms with E-state index in [1.165, 1.54) is 22.9 Å². The third kappa shape index (κ3) is 2.62. The summed E-state index contributed by atoms with van der Waals surface area (Å²) in [5.41, 5.74) is 2.43. The van der Waals surface area contributed by atoms with Gasteiger partial charge in [0.15, 0.2) is 0 Å². The zero-order valence-corrected chi connectivity index (χ0v) is 12.3. The molecule has 0 unspecified atom stereocenters. The molecule has 0 spiro atoms. The van der Waals surface area contributed by atoms with Gasteiger partial charge < -0.3 is 9.47 Å². The standard InChI is InChI=1S/C14H18BNO2S/c1-10-16-13-12(17-2)4-3-11(14(13)19-10)9-15-5-7-18-8-6-15/h3-4H,5-9H2,1-2H3. The molecule has 0 saturated carbocycles. The minimum atomic E-state index is 0.743. The molecular formula is C14H18BNO2S. The minimum Gasteiger partial charge on any atom is -0.494 e. The number of benzene rings is 1. The van der Waals surface area contributed by atoms with Crippen LogP contribution < -0.4 is 4.74 Å². The van der Waals surface area contributed by atoms with Crippen molar-refractivity contribution in [3.63, 3.8) is 0 Å². The van der Waals surface area contributed by atoms with Crippen LogP contribution in [0.5, 0.6) is 5.75 Å². The molecule has 2 heterocycles. The van der Waals surface area contributed by atoms with Crippen molar-refractivity contribution in [3.05, 3.63) is 22.7 Å². The summed E-state index contributed by atoms with van der Waals surface area (Å²) in [5.74, 6) is 0.884. The molecule has 1 fully saturated rings. The lowest BCUT2D eigenvalue weighted by atomic mass is 9.41. The molecule has 5 heteroatoms. The van der Waals surface area contributed by atoms with Crippen molar-refractivity contribution in [1.29, 1.82) is 0 Å². The summed E-state index contributed by atoms with van der Waals surface area (Å²) < 4.78 is 12.1. The van der Waals surface area contributed by atoms with Crippen molar-refractivity contribution in [1.82, 2.24) is 4.98 Å². The van der Waals surface area contributed by atoms with Gasteiger partial charge in [-0.2, -0.15) is 0 Å². The second kappa shape index (κ2) is 5.51. The summed E-state index contributed by atoms with van der Waals surface area (Å²) in [5, 5.41) is 1.10. The van der Waals surface area contributed by atoms with Gasteiger partial charge in [0.25, 0.3) is 0 Å². The number of ether oxygens (including phenoxy) is 2. The lowest BCUT2D eigenvalue weighted by Gasteiger charge is -2.19. The highest BCUT2D eigenvalue weighted by atomic mass is 32.1. The summed E-state index contributed by atoms with van der Waals surface area (Å²) in [7, 11) is 1.71. The van der Waals surface area contributed by atoms with Crippen LogP contribution in [0.15, 0.2) is 12.1 Å². The Morgan fingerprint density at radius 1 is 1.37 bits per heavy atom. The molecule has 2 aromatic rings. The Kier molecular flexibility index (Phi) is 3.75. The maximum Gasteiger partial charge on any atom is 0.149 e. The number of aromatic nitrogens is 1. The Bertz CT molecular complexity index is 578. The van der Waals surface area contributed by atoms with Gasteiger partial charge in [0.05, 0.1) is 16.8 Å². The van der Waals surface area contributed by atoms with Crippen LogP contribution in [0.25, 0.3) is 10.2 Å². The van der Waals surface area contributed by atoms with Crippen LogP contribution in [-0.2, 0) is 11.1 Å². The van der Waals surface area contributed by atoms with Gasteiger partial charge in [-0.1, -0.05) is 18.7 Å². The average Bonchev–Trinajstić information content (AvgIpc) is 2.82. The maximum atomic E-state index is 5.44. The van der Waals surface area contributed by atoms with Crippen LogP contribution in [-0.4, -0.2) is 32.0 Å². The quantitative estimate of drug-likeness (QED) is 0.806. The zero-order chi connectivity index (χ0) is 13.2. The molecule has 1 aromatic heterocycles. The first-order chi connectivity index (χ1) is 9.28. The molecule has 1 aliphatic rings. The van der Waals surface area contributed by atoms with Crippen molar-refractivity contribution in [2.75, 3.05) is 20.3 Å². The summed E-state index contributed by atoms with van der Waals surface area (Å²) in [6.07, 6.45) is 3.47. The first-order valence-electron chi connectivity index (χ1n) is 6.78. The Balaban J connectivity index is 1.94. The highest BCUT2D eigenvalue weighted by molar-refractivity contribution is 7.18. The van der Waals surface area contributed by atoms with Gasteiger partial charge in [0.2, 0.25) is 0 Å². The van der Waals surface area contributed by atoms with Gasteiger partial charge in [-0.3, -0.25) is 0 Å². The van der Waals surface area contributed by atoms with E-state index in [9.17, 15) is 0 Å². The fraction of sp³-hybridized carbons (Fsp3) is 0.500. The number of thiazole rings is 1. The zero-order valence-electron chi connectivity index (χ0n) is 11.4. The van der Waals surface area contributed by atoms with Crippen molar-refractivity contribution >= 4 is 28.3 Å². The van der Waals surface area contributed by atoms with E-state index in [2.05, 4.69) is 24.0 Å². The summed E-state index contributed by atoms with van der Waals surface area (Å²) in [4.78, 5) is 4.61. The monoisotopic (exact) mass is 275 g/mol.